The fourth-order valence-corrected chi connectivity index (χ4v) is 2.52. The first kappa shape index (κ1) is 16.6. The average molecular weight is 295 g/mol. The number of aliphatic carboxylic acids is 1. The number of thioether (sulfide) groups is 1. The van der Waals surface area contributed by atoms with Crippen molar-refractivity contribution in [3.05, 3.63) is 35.4 Å². The summed E-state index contributed by atoms with van der Waals surface area (Å²) >= 11 is 1.53. The number of aryl methyl sites for hydroxylation is 1. The molecule has 0 radical (unpaired) electrons. The highest BCUT2D eigenvalue weighted by molar-refractivity contribution is 7.99. The molecule has 0 fully saturated rings. The molecule has 1 aromatic carbocycles. The molecule has 20 heavy (non-hydrogen) atoms. The molecule has 1 atom stereocenters. The van der Waals surface area contributed by atoms with Crippen LogP contribution >= 0.6 is 11.8 Å². The molecule has 0 saturated carbocycles. The van der Waals surface area contributed by atoms with Gasteiger partial charge in [-0.1, -0.05) is 36.8 Å². The number of benzene rings is 1. The van der Waals surface area contributed by atoms with Crippen molar-refractivity contribution in [1.82, 2.24) is 5.32 Å². The van der Waals surface area contributed by atoms with E-state index in [2.05, 4.69) is 29.6 Å². The molecule has 0 saturated heterocycles. The molecule has 1 amide bonds. The predicted octanol–water partition coefficient (Wildman–Crippen LogP) is 2.60. The Balaban J connectivity index is 2.28. The van der Waals surface area contributed by atoms with Gasteiger partial charge in [-0.3, -0.25) is 9.59 Å². The Bertz CT molecular complexity index is 445. The second-order valence-electron chi connectivity index (χ2n) is 4.75. The fourth-order valence-electron chi connectivity index (χ4n) is 1.72. The molecule has 0 heterocycles. The Labute approximate surface area is 124 Å². The minimum Gasteiger partial charge on any atom is -0.481 e. The lowest BCUT2D eigenvalue weighted by Gasteiger charge is -2.14. The Morgan fingerprint density at radius 1 is 1.30 bits per heavy atom. The van der Waals surface area contributed by atoms with Gasteiger partial charge in [-0.15, -0.1) is 11.8 Å². The minimum absolute atomic E-state index is 0.0229. The van der Waals surface area contributed by atoms with Crippen LogP contribution in [0.1, 0.15) is 30.9 Å². The lowest BCUT2D eigenvalue weighted by Crippen LogP contribution is -2.37. The van der Waals surface area contributed by atoms with Crippen molar-refractivity contribution < 1.29 is 14.7 Å². The smallest absolute Gasteiger partial charge is 0.305 e. The Morgan fingerprint density at radius 3 is 2.50 bits per heavy atom. The third-order valence-corrected chi connectivity index (χ3v) is 3.91. The molecule has 0 aliphatic carbocycles. The molecule has 2 N–H and O–H groups in total. The summed E-state index contributed by atoms with van der Waals surface area (Å²) < 4.78 is 0. The van der Waals surface area contributed by atoms with Gasteiger partial charge in [0.05, 0.1) is 12.2 Å². The normalized spacial score (nSPS) is 11.9. The molecule has 0 bridgehead atoms. The summed E-state index contributed by atoms with van der Waals surface area (Å²) in [4.78, 5) is 22.3. The first-order valence-corrected chi connectivity index (χ1v) is 7.81. The zero-order valence-electron chi connectivity index (χ0n) is 11.9. The number of carboxylic acid groups (broad SMARTS) is 1. The number of nitrogens with one attached hydrogen (secondary N) is 1. The van der Waals surface area contributed by atoms with Crippen molar-refractivity contribution in [2.24, 2.45) is 0 Å². The molecular weight excluding hydrogens is 274 g/mol. The zero-order valence-corrected chi connectivity index (χ0v) is 12.7. The second kappa shape index (κ2) is 8.64. The monoisotopic (exact) mass is 295 g/mol. The summed E-state index contributed by atoms with van der Waals surface area (Å²) in [6.45, 7) is 3.91. The zero-order chi connectivity index (χ0) is 15.0. The number of carboxylic acids is 1. The van der Waals surface area contributed by atoms with Gasteiger partial charge in [0.1, 0.15) is 0 Å². The van der Waals surface area contributed by atoms with Crippen LogP contribution in [0.3, 0.4) is 0 Å². The van der Waals surface area contributed by atoms with Crippen LogP contribution in [0.4, 0.5) is 0 Å². The van der Waals surface area contributed by atoms with Gasteiger partial charge in [0.25, 0.3) is 0 Å². The summed E-state index contributed by atoms with van der Waals surface area (Å²) in [5.41, 5.74) is 2.40. The average Bonchev–Trinajstić information content (AvgIpc) is 2.39. The van der Waals surface area contributed by atoms with Crippen LogP contribution in [0.5, 0.6) is 0 Å². The van der Waals surface area contributed by atoms with E-state index in [1.165, 1.54) is 22.9 Å². The van der Waals surface area contributed by atoms with E-state index in [0.29, 0.717) is 12.2 Å². The van der Waals surface area contributed by atoms with Crippen molar-refractivity contribution in [3.8, 4) is 0 Å². The third kappa shape index (κ3) is 6.61. The van der Waals surface area contributed by atoms with Crippen LogP contribution in [-0.4, -0.2) is 28.8 Å². The van der Waals surface area contributed by atoms with Crippen LogP contribution in [0.25, 0.3) is 0 Å². The van der Waals surface area contributed by atoms with E-state index in [9.17, 15) is 9.59 Å². The topological polar surface area (TPSA) is 66.4 Å². The van der Waals surface area contributed by atoms with E-state index >= 15 is 0 Å². The highest BCUT2D eigenvalue weighted by atomic mass is 32.2. The molecule has 0 spiro atoms. The first-order valence-electron chi connectivity index (χ1n) is 6.65. The molecule has 1 unspecified atom stereocenters. The first-order chi connectivity index (χ1) is 9.51. The molecule has 0 aliphatic heterocycles. The van der Waals surface area contributed by atoms with Crippen LogP contribution in [0, 0.1) is 6.92 Å². The van der Waals surface area contributed by atoms with Gasteiger partial charge in [-0.25, -0.2) is 0 Å². The number of rotatable bonds is 8. The SMILES string of the molecule is CCC(CC(=O)O)NC(=O)CSCc1ccc(C)cc1. The highest BCUT2D eigenvalue weighted by Crippen LogP contribution is 2.12. The lowest BCUT2D eigenvalue weighted by molar-refractivity contribution is -0.137. The van der Waals surface area contributed by atoms with Gasteiger partial charge in [-0.05, 0) is 18.9 Å². The van der Waals surface area contributed by atoms with Crippen LogP contribution in [0.15, 0.2) is 24.3 Å². The fraction of sp³-hybridized carbons (Fsp3) is 0.467. The minimum atomic E-state index is -0.885. The van der Waals surface area contributed by atoms with Gasteiger partial charge < -0.3 is 10.4 Å². The number of hydrogen-bond donors (Lipinski definition) is 2. The van der Waals surface area contributed by atoms with E-state index in [1.807, 2.05) is 13.8 Å². The second-order valence-corrected chi connectivity index (χ2v) is 5.73. The molecule has 1 rings (SSSR count). The Kier molecular flexibility index (Phi) is 7.15. The maximum atomic E-state index is 11.7. The molecule has 110 valence electrons. The van der Waals surface area contributed by atoms with E-state index < -0.39 is 5.97 Å². The summed E-state index contributed by atoms with van der Waals surface area (Å²) in [6, 6.07) is 7.94. The van der Waals surface area contributed by atoms with Crippen molar-refractivity contribution >= 4 is 23.6 Å². The highest BCUT2D eigenvalue weighted by Gasteiger charge is 2.13. The molecule has 0 aromatic heterocycles. The molecular formula is C15H21NO3S. The summed E-state index contributed by atoms with van der Waals surface area (Å²) in [6.07, 6.45) is 0.603. The summed E-state index contributed by atoms with van der Waals surface area (Å²) in [7, 11) is 0. The standard InChI is InChI=1S/C15H21NO3S/c1-3-13(8-15(18)19)16-14(17)10-20-9-12-6-4-11(2)5-7-12/h4-7,13H,3,8-10H2,1-2H3,(H,16,17)(H,18,19). The van der Waals surface area contributed by atoms with E-state index in [1.54, 1.807) is 0 Å². The number of hydrogen-bond acceptors (Lipinski definition) is 3. The van der Waals surface area contributed by atoms with Crippen molar-refractivity contribution in [2.45, 2.75) is 38.5 Å². The quantitative estimate of drug-likeness (QED) is 0.773. The number of carbonyl (C=O) groups is 2. The molecule has 1 aromatic rings. The maximum Gasteiger partial charge on any atom is 0.305 e. The van der Waals surface area contributed by atoms with Crippen LogP contribution < -0.4 is 5.32 Å². The summed E-state index contributed by atoms with van der Waals surface area (Å²) in [5, 5.41) is 11.5. The van der Waals surface area contributed by atoms with Crippen molar-refractivity contribution in [1.29, 1.82) is 0 Å². The van der Waals surface area contributed by atoms with E-state index in [-0.39, 0.29) is 18.4 Å². The molecule has 4 nitrogen and oxygen atoms in total. The largest absolute Gasteiger partial charge is 0.481 e. The Hall–Kier alpha value is -1.49. The predicted molar refractivity (Wildman–Crippen MR) is 81.8 cm³/mol. The van der Waals surface area contributed by atoms with Crippen molar-refractivity contribution in [2.75, 3.05) is 5.75 Å². The Morgan fingerprint density at radius 2 is 1.95 bits per heavy atom. The van der Waals surface area contributed by atoms with Crippen LogP contribution in [-0.2, 0) is 15.3 Å². The van der Waals surface area contributed by atoms with Gasteiger partial charge in [0, 0.05) is 11.8 Å². The van der Waals surface area contributed by atoms with Gasteiger partial charge in [-0.2, -0.15) is 0 Å². The van der Waals surface area contributed by atoms with E-state index in [4.69, 9.17) is 5.11 Å². The van der Waals surface area contributed by atoms with Gasteiger partial charge in [0.2, 0.25) is 5.91 Å². The lowest BCUT2D eigenvalue weighted by atomic mass is 10.1. The third-order valence-electron chi connectivity index (χ3n) is 2.90. The van der Waals surface area contributed by atoms with Crippen molar-refractivity contribution in [3.63, 3.8) is 0 Å². The summed E-state index contributed by atoms with van der Waals surface area (Å²) in [5.74, 6) is 0.146. The molecule has 5 heteroatoms. The van der Waals surface area contributed by atoms with Crippen LogP contribution in [0.2, 0.25) is 0 Å². The van der Waals surface area contributed by atoms with Gasteiger partial charge in [0.15, 0.2) is 0 Å². The van der Waals surface area contributed by atoms with E-state index in [0.717, 1.165) is 5.75 Å². The number of carbonyl (C=O) groups excluding carboxylic acids is 1. The molecule has 0 aliphatic rings. The maximum absolute atomic E-state index is 11.7. The number of amides is 1. The van der Waals surface area contributed by atoms with Gasteiger partial charge >= 0.3 is 5.97 Å².